The lowest BCUT2D eigenvalue weighted by Gasteiger charge is -2.40. The van der Waals surface area contributed by atoms with E-state index >= 15 is 0 Å². The van der Waals surface area contributed by atoms with E-state index in [0.717, 1.165) is 0 Å². The van der Waals surface area contributed by atoms with Crippen molar-refractivity contribution in [2.75, 3.05) is 0 Å². The lowest BCUT2D eigenvalue weighted by atomic mass is 9.85. The first-order valence-corrected chi connectivity index (χ1v) is 5.99. The zero-order chi connectivity index (χ0) is 14.1. The molecule has 4 heteroatoms. The van der Waals surface area contributed by atoms with Gasteiger partial charge in [-0.2, -0.15) is 0 Å². The molecule has 0 fully saturated rings. The molecule has 0 saturated carbocycles. The average molecular weight is 245 g/mol. The highest BCUT2D eigenvalue weighted by atomic mass is 16.6. The fourth-order valence-electron chi connectivity index (χ4n) is 1.17. The number of carbonyl (C=O) groups excluding carboxylic acids is 1. The number of esters is 1. The van der Waals surface area contributed by atoms with Crippen molar-refractivity contribution in [3.8, 4) is 0 Å². The van der Waals surface area contributed by atoms with Gasteiger partial charge in [-0.15, -0.1) is 0 Å². The Morgan fingerprint density at radius 3 is 1.82 bits per heavy atom. The molecule has 0 bridgehead atoms. The van der Waals surface area contributed by atoms with Crippen LogP contribution in [-0.2, 0) is 9.53 Å². The fraction of sp³-hybridized carbons (Fsp3) is 0.923. The second kappa shape index (κ2) is 4.94. The summed E-state index contributed by atoms with van der Waals surface area (Å²) in [6.45, 7) is 14.4. The number of rotatable bonds is 4. The molecular formula is C13H27NO3. The van der Waals surface area contributed by atoms with E-state index in [1.54, 1.807) is 20.8 Å². The summed E-state index contributed by atoms with van der Waals surface area (Å²) < 4.78 is 5.27. The van der Waals surface area contributed by atoms with Gasteiger partial charge in [0.1, 0.15) is 11.6 Å². The first-order valence-electron chi connectivity index (χ1n) is 5.99. The Morgan fingerprint density at radius 1 is 1.12 bits per heavy atom. The molecule has 0 rings (SSSR count). The van der Waals surface area contributed by atoms with Gasteiger partial charge in [0.15, 0.2) is 0 Å². The van der Waals surface area contributed by atoms with Crippen LogP contribution in [0.15, 0.2) is 0 Å². The lowest BCUT2D eigenvalue weighted by Crippen LogP contribution is -2.60. The van der Waals surface area contributed by atoms with Gasteiger partial charge in [-0.25, -0.2) is 0 Å². The second-order valence-electron chi connectivity index (χ2n) is 6.58. The molecule has 0 aliphatic carbocycles. The molecule has 0 radical (unpaired) electrons. The van der Waals surface area contributed by atoms with E-state index < -0.39 is 22.8 Å². The van der Waals surface area contributed by atoms with Crippen LogP contribution in [0.25, 0.3) is 0 Å². The Hall–Kier alpha value is -0.610. The smallest absolute Gasteiger partial charge is 0.323 e. The van der Waals surface area contributed by atoms with E-state index in [0.29, 0.717) is 0 Å². The molecule has 17 heavy (non-hydrogen) atoms. The molecular weight excluding hydrogens is 218 g/mol. The summed E-state index contributed by atoms with van der Waals surface area (Å²) in [5.41, 5.74) is -2.00. The molecule has 1 unspecified atom stereocenters. The quantitative estimate of drug-likeness (QED) is 0.742. The van der Waals surface area contributed by atoms with Crippen molar-refractivity contribution in [1.82, 2.24) is 5.32 Å². The van der Waals surface area contributed by atoms with Crippen LogP contribution in [0.5, 0.6) is 0 Å². The molecule has 0 aromatic rings. The summed E-state index contributed by atoms with van der Waals surface area (Å²) in [5, 5.41) is 13.1. The maximum Gasteiger partial charge on any atom is 0.323 e. The van der Waals surface area contributed by atoms with Gasteiger partial charge in [0, 0.05) is 5.54 Å². The number of hydrogen-bond acceptors (Lipinski definition) is 4. The predicted molar refractivity (Wildman–Crippen MR) is 68.8 cm³/mol. The topological polar surface area (TPSA) is 58.6 Å². The summed E-state index contributed by atoms with van der Waals surface area (Å²) in [5.74, 6) is -0.310. The van der Waals surface area contributed by atoms with Gasteiger partial charge in [-0.05, 0) is 55.4 Å². The largest absolute Gasteiger partial charge is 0.459 e. The van der Waals surface area contributed by atoms with Crippen LogP contribution in [0, 0.1) is 0 Å². The normalized spacial score (nSPS) is 15.6. The van der Waals surface area contributed by atoms with Gasteiger partial charge in [0.25, 0.3) is 0 Å². The van der Waals surface area contributed by atoms with Crippen molar-refractivity contribution in [3.63, 3.8) is 0 Å². The molecule has 0 spiro atoms. The van der Waals surface area contributed by atoms with Gasteiger partial charge in [0.2, 0.25) is 0 Å². The maximum atomic E-state index is 11.8. The number of aliphatic hydroxyl groups is 1. The highest BCUT2D eigenvalue weighted by molar-refractivity contribution is 5.75. The lowest BCUT2D eigenvalue weighted by molar-refractivity contribution is -0.158. The Labute approximate surface area is 105 Å². The molecule has 0 aromatic carbocycles. The zero-order valence-corrected chi connectivity index (χ0v) is 12.3. The molecule has 0 amide bonds. The number of carbonyl (C=O) groups is 1. The minimum Gasteiger partial charge on any atom is -0.459 e. The van der Waals surface area contributed by atoms with E-state index in [2.05, 4.69) is 5.32 Å². The van der Waals surface area contributed by atoms with Gasteiger partial charge >= 0.3 is 5.97 Å². The fourth-order valence-corrected chi connectivity index (χ4v) is 1.17. The van der Waals surface area contributed by atoms with Gasteiger partial charge < -0.3 is 9.84 Å². The van der Waals surface area contributed by atoms with Crippen LogP contribution in [0.1, 0.15) is 55.4 Å². The Balaban J connectivity index is 4.56. The first kappa shape index (κ1) is 16.4. The molecule has 0 aliphatic heterocycles. The summed E-state index contributed by atoms with van der Waals surface area (Å²) in [6, 6.07) is -0.462. The molecule has 102 valence electrons. The highest BCUT2D eigenvalue weighted by Gasteiger charge is 2.37. The Kier molecular flexibility index (Phi) is 4.77. The molecule has 0 aliphatic rings. The van der Waals surface area contributed by atoms with Crippen LogP contribution in [0.2, 0.25) is 0 Å². The minimum atomic E-state index is -0.927. The molecule has 1 atom stereocenters. The SMILES string of the molecule is CC(NC(C)(C)C(C)(C)O)C(=O)OC(C)(C)C. The standard InChI is InChI=1S/C13H27NO3/c1-9(10(15)17-11(2,3)4)14-12(5,6)13(7,8)16/h9,14,16H,1-8H3. The van der Waals surface area contributed by atoms with Crippen LogP contribution in [-0.4, -0.2) is 33.9 Å². The molecule has 4 nitrogen and oxygen atoms in total. The monoisotopic (exact) mass is 245 g/mol. The molecule has 0 heterocycles. The summed E-state index contributed by atoms with van der Waals surface area (Å²) in [4.78, 5) is 11.8. The number of nitrogens with one attached hydrogen (secondary N) is 1. The molecule has 0 aromatic heterocycles. The van der Waals surface area contributed by atoms with E-state index in [9.17, 15) is 9.90 Å². The third kappa shape index (κ3) is 5.50. The van der Waals surface area contributed by atoms with E-state index in [4.69, 9.17) is 4.74 Å². The predicted octanol–water partition coefficient (Wildman–Crippen LogP) is 1.86. The van der Waals surface area contributed by atoms with Crippen molar-refractivity contribution in [3.05, 3.63) is 0 Å². The number of ether oxygens (including phenoxy) is 1. The second-order valence-corrected chi connectivity index (χ2v) is 6.58. The van der Waals surface area contributed by atoms with Crippen molar-refractivity contribution < 1.29 is 14.6 Å². The van der Waals surface area contributed by atoms with E-state index in [1.165, 1.54) is 0 Å². The average Bonchev–Trinajstić information content (AvgIpc) is 1.97. The Morgan fingerprint density at radius 2 is 1.53 bits per heavy atom. The van der Waals surface area contributed by atoms with Crippen LogP contribution in [0.4, 0.5) is 0 Å². The first-order chi connectivity index (χ1) is 7.26. The zero-order valence-electron chi connectivity index (χ0n) is 12.3. The molecule has 2 N–H and O–H groups in total. The highest BCUT2D eigenvalue weighted by Crippen LogP contribution is 2.21. The van der Waals surface area contributed by atoms with Gasteiger partial charge in [-0.3, -0.25) is 10.1 Å². The number of hydrogen-bond donors (Lipinski definition) is 2. The summed E-state index contributed by atoms with van der Waals surface area (Å²) >= 11 is 0. The van der Waals surface area contributed by atoms with Crippen LogP contribution < -0.4 is 5.32 Å². The third-order valence-corrected chi connectivity index (χ3v) is 2.87. The van der Waals surface area contributed by atoms with Crippen molar-refractivity contribution in [2.45, 2.75) is 78.2 Å². The van der Waals surface area contributed by atoms with Crippen molar-refractivity contribution in [2.24, 2.45) is 0 Å². The van der Waals surface area contributed by atoms with E-state index in [1.807, 2.05) is 34.6 Å². The van der Waals surface area contributed by atoms with Crippen molar-refractivity contribution >= 4 is 5.97 Å². The van der Waals surface area contributed by atoms with Gasteiger partial charge in [0.05, 0.1) is 5.60 Å². The summed E-state index contributed by atoms with van der Waals surface area (Å²) in [7, 11) is 0. The summed E-state index contributed by atoms with van der Waals surface area (Å²) in [6.07, 6.45) is 0. The van der Waals surface area contributed by atoms with E-state index in [-0.39, 0.29) is 5.97 Å². The Bertz CT molecular complexity index is 271. The van der Waals surface area contributed by atoms with Crippen LogP contribution in [0.3, 0.4) is 0 Å². The third-order valence-electron chi connectivity index (χ3n) is 2.87. The minimum absolute atomic E-state index is 0.310. The maximum absolute atomic E-state index is 11.8. The van der Waals surface area contributed by atoms with Crippen molar-refractivity contribution in [1.29, 1.82) is 0 Å². The van der Waals surface area contributed by atoms with Gasteiger partial charge in [-0.1, -0.05) is 0 Å². The van der Waals surface area contributed by atoms with Crippen LogP contribution >= 0.6 is 0 Å². The molecule has 0 saturated heterocycles.